The number of nitrogens with two attached hydrogens (primary N) is 1. The van der Waals surface area contributed by atoms with Gasteiger partial charge < -0.3 is 15.6 Å². The molecule has 0 saturated carbocycles. The zero-order valence-corrected chi connectivity index (χ0v) is 9.90. The summed E-state index contributed by atoms with van der Waals surface area (Å²) in [6.45, 7) is 4.45. The van der Waals surface area contributed by atoms with Crippen molar-refractivity contribution in [3.8, 4) is 0 Å². The minimum absolute atomic E-state index is 0.628. The van der Waals surface area contributed by atoms with Crippen LogP contribution in [0.5, 0.6) is 0 Å². The molecule has 2 aromatic rings. The number of hydrogen-bond acceptors (Lipinski definition) is 6. The Hall–Kier alpha value is -2.11. The van der Waals surface area contributed by atoms with E-state index in [1.165, 1.54) is 0 Å². The standard InChI is InChI=1S/C11H15N5O/c1-7-5-9(12)6-14-11(7)13-4-3-10-15-8(2)16-17-10/h5-6H,3-4,12H2,1-2H3,(H,13,14). The molecule has 2 rings (SSSR count). The topological polar surface area (TPSA) is 89.9 Å². The van der Waals surface area contributed by atoms with Crippen molar-refractivity contribution in [1.82, 2.24) is 15.1 Å². The third-order valence-electron chi connectivity index (χ3n) is 2.30. The quantitative estimate of drug-likeness (QED) is 0.827. The van der Waals surface area contributed by atoms with Crippen LogP contribution in [0.3, 0.4) is 0 Å². The molecule has 0 aromatic carbocycles. The van der Waals surface area contributed by atoms with Crippen molar-refractivity contribution < 1.29 is 4.52 Å². The molecule has 0 aliphatic heterocycles. The maximum absolute atomic E-state index is 5.63. The first-order valence-electron chi connectivity index (χ1n) is 5.40. The van der Waals surface area contributed by atoms with Crippen LogP contribution < -0.4 is 11.1 Å². The fourth-order valence-electron chi connectivity index (χ4n) is 1.51. The van der Waals surface area contributed by atoms with Crippen molar-refractivity contribution in [2.75, 3.05) is 17.6 Å². The highest BCUT2D eigenvalue weighted by atomic mass is 16.5. The fraction of sp³-hybridized carbons (Fsp3) is 0.364. The van der Waals surface area contributed by atoms with Crippen molar-refractivity contribution in [1.29, 1.82) is 0 Å². The summed E-state index contributed by atoms with van der Waals surface area (Å²) in [5.41, 5.74) is 7.31. The second-order valence-corrected chi connectivity index (χ2v) is 3.85. The van der Waals surface area contributed by atoms with Gasteiger partial charge in [0, 0.05) is 13.0 Å². The SMILES string of the molecule is Cc1noc(CCNc2ncc(N)cc2C)n1. The van der Waals surface area contributed by atoms with Crippen molar-refractivity contribution in [2.45, 2.75) is 20.3 Å². The summed E-state index contributed by atoms with van der Waals surface area (Å²) in [6.07, 6.45) is 2.30. The largest absolute Gasteiger partial charge is 0.397 e. The minimum Gasteiger partial charge on any atom is -0.397 e. The molecule has 0 unspecified atom stereocenters. The van der Waals surface area contributed by atoms with Crippen LogP contribution in [0.25, 0.3) is 0 Å². The van der Waals surface area contributed by atoms with Crippen LogP contribution in [0.2, 0.25) is 0 Å². The van der Waals surface area contributed by atoms with E-state index in [0.29, 0.717) is 30.4 Å². The Morgan fingerprint density at radius 1 is 1.41 bits per heavy atom. The smallest absolute Gasteiger partial charge is 0.228 e. The van der Waals surface area contributed by atoms with Crippen LogP contribution >= 0.6 is 0 Å². The highest BCUT2D eigenvalue weighted by Crippen LogP contribution is 2.13. The molecule has 17 heavy (non-hydrogen) atoms. The number of anilines is 2. The minimum atomic E-state index is 0.628. The molecule has 0 fully saturated rings. The van der Waals surface area contributed by atoms with Crippen LogP contribution in [0.15, 0.2) is 16.8 Å². The zero-order valence-electron chi connectivity index (χ0n) is 9.90. The monoisotopic (exact) mass is 233 g/mol. The number of nitrogens with one attached hydrogen (secondary N) is 1. The number of hydrogen-bond donors (Lipinski definition) is 2. The fourth-order valence-corrected chi connectivity index (χ4v) is 1.51. The molecular formula is C11H15N5O. The van der Waals surface area contributed by atoms with Crippen LogP contribution in [0.4, 0.5) is 11.5 Å². The van der Waals surface area contributed by atoms with Gasteiger partial charge in [0.05, 0.1) is 11.9 Å². The van der Waals surface area contributed by atoms with Gasteiger partial charge in [-0.3, -0.25) is 0 Å². The Kier molecular flexibility index (Phi) is 3.22. The van der Waals surface area contributed by atoms with Gasteiger partial charge in [-0.15, -0.1) is 0 Å². The summed E-state index contributed by atoms with van der Waals surface area (Å²) < 4.78 is 5.01. The van der Waals surface area contributed by atoms with Crippen molar-refractivity contribution in [3.63, 3.8) is 0 Å². The van der Waals surface area contributed by atoms with E-state index in [2.05, 4.69) is 20.4 Å². The van der Waals surface area contributed by atoms with E-state index >= 15 is 0 Å². The lowest BCUT2D eigenvalue weighted by Crippen LogP contribution is -2.08. The first kappa shape index (κ1) is 11.4. The molecule has 0 aliphatic rings. The van der Waals surface area contributed by atoms with Crippen LogP contribution in [0, 0.1) is 13.8 Å². The molecule has 0 spiro atoms. The Morgan fingerprint density at radius 2 is 2.24 bits per heavy atom. The Balaban J connectivity index is 1.90. The van der Waals surface area contributed by atoms with Crippen molar-refractivity contribution in [2.24, 2.45) is 0 Å². The summed E-state index contributed by atoms with van der Waals surface area (Å²) >= 11 is 0. The Bertz CT molecular complexity index is 508. The van der Waals surface area contributed by atoms with Gasteiger partial charge in [-0.25, -0.2) is 4.98 Å². The first-order valence-corrected chi connectivity index (χ1v) is 5.40. The molecule has 6 heteroatoms. The molecule has 0 atom stereocenters. The van der Waals surface area contributed by atoms with Crippen LogP contribution in [-0.2, 0) is 6.42 Å². The molecule has 2 heterocycles. The second kappa shape index (κ2) is 4.82. The van der Waals surface area contributed by atoms with E-state index in [0.717, 1.165) is 11.4 Å². The first-order chi connectivity index (χ1) is 8.15. The van der Waals surface area contributed by atoms with Gasteiger partial charge in [0.2, 0.25) is 5.89 Å². The molecule has 6 nitrogen and oxygen atoms in total. The van der Waals surface area contributed by atoms with E-state index in [-0.39, 0.29) is 0 Å². The van der Waals surface area contributed by atoms with Crippen molar-refractivity contribution >= 4 is 11.5 Å². The third-order valence-corrected chi connectivity index (χ3v) is 2.30. The number of nitrogens with zero attached hydrogens (tertiary/aromatic N) is 3. The van der Waals surface area contributed by atoms with Crippen LogP contribution in [0.1, 0.15) is 17.3 Å². The summed E-state index contributed by atoms with van der Waals surface area (Å²) in [6, 6.07) is 1.88. The van der Waals surface area contributed by atoms with E-state index in [4.69, 9.17) is 10.3 Å². The molecule has 0 saturated heterocycles. The van der Waals surface area contributed by atoms with Gasteiger partial charge in [-0.1, -0.05) is 5.16 Å². The van der Waals surface area contributed by atoms with E-state index in [9.17, 15) is 0 Å². The van der Waals surface area contributed by atoms with Gasteiger partial charge in [0.1, 0.15) is 5.82 Å². The molecule has 0 radical (unpaired) electrons. The number of rotatable bonds is 4. The number of pyridine rings is 1. The normalized spacial score (nSPS) is 10.5. The molecule has 2 aromatic heterocycles. The number of nitrogen functional groups attached to an aromatic ring is 1. The zero-order chi connectivity index (χ0) is 12.3. The maximum Gasteiger partial charge on any atom is 0.228 e. The summed E-state index contributed by atoms with van der Waals surface area (Å²) in [4.78, 5) is 8.33. The van der Waals surface area contributed by atoms with E-state index in [1.54, 1.807) is 13.1 Å². The molecule has 90 valence electrons. The summed E-state index contributed by atoms with van der Waals surface area (Å²) in [5, 5.41) is 6.93. The molecular weight excluding hydrogens is 218 g/mol. The van der Waals surface area contributed by atoms with Gasteiger partial charge in [-0.05, 0) is 25.5 Å². The van der Waals surface area contributed by atoms with Gasteiger partial charge in [-0.2, -0.15) is 4.98 Å². The summed E-state index contributed by atoms with van der Waals surface area (Å²) in [7, 11) is 0. The highest BCUT2D eigenvalue weighted by molar-refractivity contribution is 5.50. The molecule has 0 aliphatic carbocycles. The van der Waals surface area contributed by atoms with Crippen molar-refractivity contribution in [3.05, 3.63) is 29.5 Å². The van der Waals surface area contributed by atoms with E-state index < -0.39 is 0 Å². The highest BCUT2D eigenvalue weighted by Gasteiger charge is 2.03. The molecule has 3 N–H and O–H groups in total. The lowest BCUT2D eigenvalue weighted by Gasteiger charge is -2.07. The number of aryl methyl sites for hydroxylation is 2. The maximum atomic E-state index is 5.63. The molecule has 0 amide bonds. The average molecular weight is 233 g/mol. The average Bonchev–Trinajstić information content (AvgIpc) is 2.68. The Labute approximate surface area is 99.2 Å². The second-order valence-electron chi connectivity index (χ2n) is 3.85. The lowest BCUT2D eigenvalue weighted by atomic mass is 10.2. The van der Waals surface area contributed by atoms with Crippen LogP contribution in [-0.4, -0.2) is 21.7 Å². The van der Waals surface area contributed by atoms with E-state index in [1.807, 2.05) is 13.0 Å². The lowest BCUT2D eigenvalue weighted by molar-refractivity contribution is 0.377. The number of aromatic nitrogens is 3. The predicted molar refractivity (Wildman–Crippen MR) is 64.6 cm³/mol. The van der Waals surface area contributed by atoms with Gasteiger partial charge in [0.25, 0.3) is 0 Å². The third kappa shape index (κ3) is 2.93. The van der Waals surface area contributed by atoms with Gasteiger partial charge >= 0.3 is 0 Å². The Morgan fingerprint density at radius 3 is 2.88 bits per heavy atom. The predicted octanol–water partition coefficient (Wildman–Crippen LogP) is 1.32. The molecule has 0 bridgehead atoms. The summed E-state index contributed by atoms with van der Waals surface area (Å²) in [5.74, 6) is 2.11. The van der Waals surface area contributed by atoms with Gasteiger partial charge in [0.15, 0.2) is 5.82 Å².